The summed E-state index contributed by atoms with van der Waals surface area (Å²) in [4.78, 5) is 15.0. The Kier molecular flexibility index (Phi) is 4.70. The van der Waals surface area contributed by atoms with Crippen molar-refractivity contribution >= 4 is 11.4 Å². The third-order valence-electron chi connectivity index (χ3n) is 3.45. The van der Waals surface area contributed by atoms with E-state index in [2.05, 4.69) is 10.2 Å². The molecule has 1 saturated heterocycles. The highest BCUT2D eigenvalue weighted by atomic mass is 16.6. The zero-order chi connectivity index (χ0) is 13.7. The summed E-state index contributed by atoms with van der Waals surface area (Å²) in [5, 5.41) is 14.3. The van der Waals surface area contributed by atoms with Gasteiger partial charge in [0.15, 0.2) is 0 Å². The Hall–Kier alpha value is -1.66. The molecule has 1 heterocycles. The fraction of sp³-hybridized carbons (Fsp3) is 0.538. The molecule has 0 atom stereocenters. The highest BCUT2D eigenvalue weighted by molar-refractivity contribution is 5.62. The maximum atomic E-state index is 11.0. The van der Waals surface area contributed by atoms with Crippen molar-refractivity contribution < 1.29 is 4.92 Å². The van der Waals surface area contributed by atoms with Gasteiger partial charge in [0, 0.05) is 52.4 Å². The summed E-state index contributed by atoms with van der Waals surface area (Å²) in [6.45, 7) is 5.87. The van der Waals surface area contributed by atoms with E-state index in [0.29, 0.717) is 5.69 Å². The smallest absolute Gasteiger partial charge is 0.292 e. The number of piperazine rings is 1. The minimum Gasteiger partial charge on any atom is -0.368 e. The van der Waals surface area contributed by atoms with E-state index in [-0.39, 0.29) is 10.6 Å². The second-order valence-electron chi connectivity index (χ2n) is 4.76. The summed E-state index contributed by atoms with van der Waals surface area (Å²) in [6.07, 6.45) is 0. The van der Waals surface area contributed by atoms with Gasteiger partial charge in [0.25, 0.3) is 5.69 Å². The number of likely N-dealkylation sites (N-methyl/N-ethyl adjacent to an activating group) is 1. The number of hydrogen-bond acceptors (Lipinski definition) is 5. The molecule has 0 amide bonds. The predicted octanol–water partition coefficient (Wildman–Crippen LogP) is 0.936. The maximum Gasteiger partial charge on any atom is 0.292 e. The van der Waals surface area contributed by atoms with E-state index in [1.54, 1.807) is 18.2 Å². The van der Waals surface area contributed by atoms with Gasteiger partial charge in [-0.3, -0.25) is 15.0 Å². The SMILES string of the molecule is CN(CCN1CCNCC1)c1ccccc1[N+](=O)[O-]. The largest absolute Gasteiger partial charge is 0.368 e. The summed E-state index contributed by atoms with van der Waals surface area (Å²) in [5.74, 6) is 0. The van der Waals surface area contributed by atoms with Gasteiger partial charge >= 0.3 is 0 Å². The molecule has 1 aromatic rings. The van der Waals surface area contributed by atoms with Crippen molar-refractivity contribution in [3.63, 3.8) is 0 Å². The second-order valence-corrected chi connectivity index (χ2v) is 4.76. The first kappa shape index (κ1) is 13.8. The van der Waals surface area contributed by atoms with Gasteiger partial charge in [-0.05, 0) is 6.07 Å². The molecular weight excluding hydrogens is 244 g/mol. The van der Waals surface area contributed by atoms with Crippen molar-refractivity contribution in [1.82, 2.24) is 10.2 Å². The molecule has 0 aromatic heterocycles. The number of rotatable bonds is 5. The van der Waals surface area contributed by atoms with Crippen molar-refractivity contribution in [2.24, 2.45) is 0 Å². The third kappa shape index (κ3) is 3.65. The Labute approximate surface area is 113 Å². The quantitative estimate of drug-likeness (QED) is 0.633. The van der Waals surface area contributed by atoms with Gasteiger partial charge in [-0.2, -0.15) is 0 Å². The summed E-state index contributed by atoms with van der Waals surface area (Å²) in [5.41, 5.74) is 0.855. The number of nitrogens with one attached hydrogen (secondary N) is 1. The summed E-state index contributed by atoms with van der Waals surface area (Å²) in [6, 6.07) is 6.89. The van der Waals surface area contributed by atoms with Gasteiger partial charge in [0.1, 0.15) is 5.69 Å². The standard InChI is InChI=1S/C13H20N4O2/c1-15(10-11-16-8-6-14-7-9-16)12-4-2-3-5-13(12)17(18)19/h2-5,14H,6-11H2,1H3. The van der Waals surface area contributed by atoms with Gasteiger partial charge in [-0.25, -0.2) is 0 Å². The van der Waals surface area contributed by atoms with E-state index in [1.807, 2.05) is 18.0 Å². The van der Waals surface area contributed by atoms with Gasteiger partial charge in [-0.1, -0.05) is 12.1 Å². The number of benzene rings is 1. The highest BCUT2D eigenvalue weighted by Crippen LogP contribution is 2.26. The van der Waals surface area contributed by atoms with E-state index in [9.17, 15) is 10.1 Å². The van der Waals surface area contributed by atoms with Gasteiger partial charge in [0.05, 0.1) is 4.92 Å². The van der Waals surface area contributed by atoms with Crippen LogP contribution in [0, 0.1) is 10.1 Å². The average molecular weight is 264 g/mol. The molecule has 19 heavy (non-hydrogen) atoms. The van der Waals surface area contributed by atoms with Crippen LogP contribution in [-0.4, -0.2) is 56.1 Å². The summed E-state index contributed by atoms with van der Waals surface area (Å²) < 4.78 is 0. The van der Waals surface area contributed by atoms with Gasteiger partial charge in [0.2, 0.25) is 0 Å². The molecule has 0 bridgehead atoms. The molecule has 1 aliphatic rings. The predicted molar refractivity (Wildman–Crippen MR) is 75.7 cm³/mol. The van der Waals surface area contributed by atoms with Crippen LogP contribution in [0.15, 0.2) is 24.3 Å². The summed E-state index contributed by atoms with van der Waals surface area (Å²) >= 11 is 0. The van der Waals surface area contributed by atoms with E-state index >= 15 is 0 Å². The normalized spacial score (nSPS) is 16.3. The van der Waals surface area contributed by atoms with Crippen LogP contribution in [0.25, 0.3) is 0 Å². The monoisotopic (exact) mass is 264 g/mol. The van der Waals surface area contributed by atoms with Crippen molar-refractivity contribution in [3.8, 4) is 0 Å². The molecule has 6 heteroatoms. The Morgan fingerprint density at radius 1 is 1.37 bits per heavy atom. The van der Waals surface area contributed by atoms with Crippen LogP contribution in [0.5, 0.6) is 0 Å². The lowest BCUT2D eigenvalue weighted by atomic mass is 10.2. The van der Waals surface area contributed by atoms with Crippen LogP contribution in [0.2, 0.25) is 0 Å². The first-order valence-corrected chi connectivity index (χ1v) is 6.56. The molecule has 0 saturated carbocycles. The van der Waals surface area contributed by atoms with Crippen molar-refractivity contribution in [3.05, 3.63) is 34.4 Å². The zero-order valence-corrected chi connectivity index (χ0v) is 11.2. The maximum absolute atomic E-state index is 11.0. The van der Waals surface area contributed by atoms with Crippen LogP contribution in [0.1, 0.15) is 0 Å². The molecular formula is C13H20N4O2. The Bertz CT molecular complexity index is 432. The van der Waals surface area contributed by atoms with Gasteiger partial charge in [-0.15, -0.1) is 0 Å². The number of nitro benzene ring substituents is 1. The van der Waals surface area contributed by atoms with Crippen LogP contribution in [-0.2, 0) is 0 Å². The van der Waals surface area contributed by atoms with E-state index in [4.69, 9.17) is 0 Å². The Morgan fingerprint density at radius 3 is 2.74 bits per heavy atom. The lowest BCUT2D eigenvalue weighted by Gasteiger charge is -2.29. The van der Waals surface area contributed by atoms with Gasteiger partial charge < -0.3 is 10.2 Å². The van der Waals surface area contributed by atoms with Crippen LogP contribution < -0.4 is 10.2 Å². The highest BCUT2D eigenvalue weighted by Gasteiger charge is 2.17. The topological polar surface area (TPSA) is 61.6 Å². The molecule has 0 spiro atoms. The number of nitro groups is 1. The summed E-state index contributed by atoms with van der Waals surface area (Å²) in [7, 11) is 1.91. The number of nitrogens with zero attached hydrogens (tertiary/aromatic N) is 3. The van der Waals surface area contributed by atoms with E-state index in [0.717, 1.165) is 39.3 Å². The minimum atomic E-state index is -0.323. The Balaban J connectivity index is 1.95. The van der Waals surface area contributed by atoms with E-state index in [1.165, 1.54) is 0 Å². The Morgan fingerprint density at radius 2 is 2.05 bits per heavy atom. The number of anilines is 1. The van der Waals surface area contributed by atoms with E-state index < -0.39 is 0 Å². The molecule has 2 rings (SSSR count). The first-order chi connectivity index (χ1) is 9.18. The molecule has 0 aliphatic carbocycles. The van der Waals surface area contributed by atoms with Crippen molar-refractivity contribution in [1.29, 1.82) is 0 Å². The fourth-order valence-corrected chi connectivity index (χ4v) is 2.29. The molecule has 6 nitrogen and oxygen atoms in total. The molecule has 1 aliphatic heterocycles. The molecule has 104 valence electrons. The lowest BCUT2D eigenvalue weighted by Crippen LogP contribution is -2.46. The van der Waals surface area contributed by atoms with Crippen LogP contribution >= 0.6 is 0 Å². The van der Waals surface area contributed by atoms with Crippen LogP contribution in [0.3, 0.4) is 0 Å². The van der Waals surface area contributed by atoms with Crippen molar-refractivity contribution in [2.45, 2.75) is 0 Å². The molecule has 0 unspecified atom stereocenters. The number of hydrogen-bond donors (Lipinski definition) is 1. The molecule has 1 N–H and O–H groups in total. The molecule has 0 radical (unpaired) electrons. The fourth-order valence-electron chi connectivity index (χ4n) is 2.29. The molecule has 1 fully saturated rings. The minimum absolute atomic E-state index is 0.172. The third-order valence-corrected chi connectivity index (χ3v) is 3.45. The average Bonchev–Trinajstić information content (AvgIpc) is 2.46. The van der Waals surface area contributed by atoms with Crippen molar-refractivity contribution in [2.75, 3.05) is 51.2 Å². The zero-order valence-electron chi connectivity index (χ0n) is 11.2. The molecule has 1 aromatic carbocycles. The lowest BCUT2D eigenvalue weighted by molar-refractivity contribution is -0.384. The number of para-hydroxylation sites is 2. The van der Waals surface area contributed by atoms with Crippen LogP contribution in [0.4, 0.5) is 11.4 Å². The first-order valence-electron chi connectivity index (χ1n) is 6.56. The second kappa shape index (κ2) is 6.49.